The van der Waals surface area contributed by atoms with Crippen molar-refractivity contribution in [3.8, 4) is 0 Å². The summed E-state index contributed by atoms with van der Waals surface area (Å²) in [6, 6.07) is 0. The summed E-state index contributed by atoms with van der Waals surface area (Å²) in [6.45, 7) is 8.26. The van der Waals surface area contributed by atoms with Gasteiger partial charge in [-0.15, -0.1) is 0 Å². The zero-order valence-electron chi connectivity index (χ0n) is 11.5. The van der Waals surface area contributed by atoms with E-state index in [1.54, 1.807) is 0 Å². The molecule has 1 saturated heterocycles. The first-order valence-corrected chi connectivity index (χ1v) is 6.40. The van der Waals surface area contributed by atoms with Gasteiger partial charge in [-0.05, 0) is 19.9 Å². The van der Waals surface area contributed by atoms with E-state index in [1.807, 2.05) is 27.8 Å². The molecule has 0 bridgehead atoms. The largest absolute Gasteiger partial charge is 0.368 e. The number of aromatic nitrogens is 2. The highest BCUT2D eigenvalue weighted by molar-refractivity contribution is 5.20. The standard InChI is InChI=1S/C13H21N3O2/c1-8(2)11-9(3)14-12(15-13(11)17)10-7-16(4)5-6-18-10/h8,10H,5-7H2,1-4H3,(H,14,15,17). The van der Waals surface area contributed by atoms with Crippen molar-refractivity contribution in [1.82, 2.24) is 14.9 Å². The number of morpholine rings is 1. The van der Waals surface area contributed by atoms with Crippen molar-refractivity contribution in [2.75, 3.05) is 26.7 Å². The van der Waals surface area contributed by atoms with Crippen molar-refractivity contribution in [3.63, 3.8) is 0 Å². The topological polar surface area (TPSA) is 58.2 Å². The number of nitrogens with one attached hydrogen (secondary N) is 1. The van der Waals surface area contributed by atoms with Crippen molar-refractivity contribution < 1.29 is 4.74 Å². The van der Waals surface area contributed by atoms with Gasteiger partial charge in [0.1, 0.15) is 11.9 Å². The number of nitrogens with zero attached hydrogens (tertiary/aromatic N) is 2. The fourth-order valence-corrected chi connectivity index (χ4v) is 2.39. The third kappa shape index (κ3) is 2.62. The molecule has 0 aromatic carbocycles. The minimum atomic E-state index is -0.128. The lowest BCUT2D eigenvalue weighted by Gasteiger charge is -2.29. The Morgan fingerprint density at radius 2 is 2.22 bits per heavy atom. The maximum Gasteiger partial charge on any atom is 0.254 e. The second-order valence-corrected chi connectivity index (χ2v) is 5.23. The minimum absolute atomic E-state index is 0.0377. The molecule has 1 aromatic rings. The first kappa shape index (κ1) is 13.2. The monoisotopic (exact) mass is 251 g/mol. The molecule has 1 N–H and O–H groups in total. The van der Waals surface area contributed by atoms with E-state index in [0.717, 1.165) is 24.3 Å². The predicted molar refractivity (Wildman–Crippen MR) is 69.9 cm³/mol. The van der Waals surface area contributed by atoms with E-state index in [-0.39, 0.29) is 17.6 Å². The Kier molecular flexibility index (Phi) is 3.82. The Balaban J connectivity index is 2.33. The van der Waals surface area contributed by atoms with Gasteiger partial charge in [0, 0.05) is 24.3 Å². The number of aromatic amines is 1. The van der Waals surface area contributed by atoms with Gasteiger partial charge < -0.3 is 14.6 Å². The molecule has 2 heterocycles. The van der Waals surface area contributed by atoms with Crippen LogP contribution in [0.2, 0.25) is 0 Å². The fourth-order valence-electron chi connectivity index (χ4n) is 2.39. The summed E-state index contributed by atoms with van der Waals surface area (Å²) in [5, 5.41) is 0. The van der Waals surface area contributed by atoms with Gasteiger partial charge in [0.2, 0.25) is 0 Å². The number of rotatable bonds is 2. The molecule has 1 unspecified atom stereocenters. The van der Waals surface area contributed by atoms with E-state index in [4.69, 9.17) is 4.74 Å². The lowest BCUT2D eigenvalue weighted by atomic mass is 10.0. The molecule has 0 aliphatic carbocycles. The molecule has 0 saturated carbocycles. The second-order valence-electron chi connectivity index (χ2n) is 5.23. The van der Waals surface area contributed by atoms with E-state index in [9.17, 15) is 4.79 Å². The highest BCUT2D eigenvalue weighted by Gasteiger charge is 2.23. The molecular weight excluding hydrogens is 230 g/mol. The average Bonchev–Trinajstić information content (AvgIpc) is 2.27. The molecule has 1 aliphatic heterocycles. The molecule has 100 valence electrons. The van der Waals surface area contributed by atoms with Crippen molar-refractivity contribution in [1.29, 1.82) is 0 Å². The van der Waals surface area contributed by atoms with E-state index >= 15 is 0 Å². The van der Waals surface area contributed by atoms with Gasteiger partial charge in [-0.25, -0.2) is 4.98 Å². The van der Waals surface area contributed by atoms with Gasteiger partial charge in [-0.3, -0.25) is 4.79 Å². The summed E-state index contributed by atoms with van der Waals surface area (Å²) >= 11 is 0. The van der Waals surface area contributed by atoms with Crippen LogP contribution in [0.5, 0.6) is 0 Å². The summed E-state index contributed by atoms with van der Waals surface area (Å²) in [7, 11) is 2.04. The summed E-state index contributed by atoms with van der Waals surface area (Å²) < 4.78 is 5.67. The normalized spacial score (nSPS) is 21.5. The number of hydrogen-bond acceptors (Lipinski definition) is 4. The van der Waals surface area contributed by atoms with E-state index in [0.29, 0.717) is 12.4 Å². The van der Waals surface area contributed by atoms with E-state index < -0.39 is 0 Å². The second kappa shape index (κ2) is 5.20. The van der Waals surface area contributed by atoms with Gasteiger partial charge in [0.25, 0.3) is 5.56 Å². The molecule has 0 amide bonds. The number of hydrogen-bond donors (Lipinski definition) is 1. The molecular formula is C13H21N3O2. The maximum absolute atomic E-state index is 12.1. The number of likely N-dealkylation sites (N-methyl/N-ethyl adjacent to an activating group) is 1. The first-order chi connectivity index (χ1) is 8.49. The van der Waals surface area contributed by atoms with Crippen LogP contribution >= 0.6 is 0 Å². The van der Waals surface area contributed by atoms with Gasteiger partial charge in [0.05, 0.1) is 6.61 Å². The molecule has 1 aromatic heterocycles. The highest BCUT2D eigenvalue weighted by Crippen LogP contribution is 2.19. The van der Waals surface area contributed by atoms with Crippen molar-refractivity contribution in [2.45, 2.75) is 32.8 Å². The molecule has 1 fully saturated rings. The predicted octanol–water partition coefficient (Wildman–Crippen LogP) is 1.20. The zero-order chi connectivity index (χ0) is 13.3. The smallest absolute Gasteiger partial charge is 0.254 e. The molecule has 0 spiro atoms. The third-order valence-corrected chi connectivity index (χ3v) is 3.32. The highest BCUT2D eigenvalue weighted by atomic mass is 16.5. The van der Waals surface area contributed by atoms with E-state index in [2.05, 4.69) is 14.9 Å². The number of aryl methyl sites for hydroxylation is 1. The Morgan fingerprint density at radius 3 is 2.78 bits per heavy atom. The quantitative estimate of drug-likeness (QED) is 0.858. The molecule has 5 heteroatoms. The van der Waals surface area contributed by atoms with Crippen molar-refractivity contribution in [2.24, 2.45) is 0 Å². The lowest BCUT2D eigenvalue weighted by molar-refractivity contribution is -0.0257. The fraction of sp³-hybridized carbons (Fsp3) is 0.692. The molecule has 0 radical (unpaired) electrons. The number of H-pyrrole nitrogens is 1. The Morgan fingerprint density at radius 1 is 1.50 bits per heavy atom. The van der Waals surface area contributed by atoms with Crippen LogP contribution in [0.15, 0.2) is 4.79 Å². The SMILES string of the molecule is Cc1nc(C2CN(C)CCO2)[nH]c(=O)c1C(C)C. The van der Waals surface area contributed by atoms with Crippen LogP contribution < -0.4 is 5.56 Å². The Labute approximate surface area is 107 Å². The van der Waals surface area contributed by atoms with Crippen LogP contribution in [0.25, 0.3) is 0 Å². The summed E-state index contributed by atoms with van der Waals surface area (Å²) in [5.74, 6) is 0.832. The van der Waals surface area contributed by atoms with Gasteiger partial charge in [0.15, 0.2) is 0 Å². The Bertz CT molecular complexity index is 482. The zero-order valence-corrected chi connectivity index (χ0v) is 11.5. The minimum Gasteiger partial charge on any atom is -0.368 e. The van der Waals surface area contributed by atoms with Crippen LogP contribution in [0.4, 0.5) is 0 Å². The number of ether oxygens (including phenoxy) is 1. The van der Waals surface area contributed by atoms with Gasteiger partial charge >= 0.3 is 0 Å². The van der Waals surface area contributed by atoms with Crippen LogP contribution in [0.3, 0.4) is 0 Å². The lowest BCUT2D eigenvalue weighted by Crippen LogP contribution is -2.37. The first-order valence-electron chi connectivity index (χ1n) is 6.40. The average molecular weight is 251 g/mol. The van der Waals surface area contributed by atoms with Crippen LogP contribution in [-0.2, 0) is 4.74 Å². The van der Waals surface area contributed by atoms with Crippen LogP contribution in [0.1, 0.15) is 43.0 Å². The molecule has 1 aliphatic rings. The third-order valence-electron chi connectivity index (χ3n) is 3.32. The van der Waals surface area contributed by atoms with Gasteiger partial charge in [-0.1, -0.05) is 13.8 Å². The molecule has 1 atom stereocenters. The van der Waals surface area contributed by atoms with E-state index in [1.165, 1.54) is 0 Å². The van der Waals surface area contributed by atoms with Crippen molar-refractivity contribution in [3.05, 3.63) is 27.4 Å². The van der Waals surface area contributed by atoms with Crippen molar-refractivity contribution >= 4 is 0 Å². The van der Waals surface area contributed by atoms with Gasteiger partial charge in [-0.2, -0.15) is 0 Å². The summed E-state index contributed by atoms with van der Waals surface area (Å²) in [5.41, 5.74) is 1.54. The van der Waals surface area contributed by atoms with Crippen LogP contribution in [-0.4, -0.2) is 41.6 Å². The summed E-state index contributed by atoms with van der Waals surface area (Å²) in [4.78, 5) is 21.6. The molecule has 18 heavy (non-hydrogen) atoms. The Hall–Kier alpha value is -1.20. The maximum atomic E-state index is 12.1. The molecule has 2 rings (SSSR count). The van der Waals surface area contributed by atoms with Crippen LogP contribution in [0, 0.1) is 6.92 Å². The summed E-state index contributed by atoms with van der Waals surface area (Å²) in [6.07, 6.45) is -0.128. The molecule has 5 nitrogen and oxygen atoms in total.